The Bertz CT molecular complexity index is 769. The first-order valence-corrected chi connectivity index (χ1v) is 9.13. The predicted octanol–water partition coefficient (Wildman–Crippen LogP) is 1.80. The van der Waals surface area contributed by atoms with E-state index in [1.165, 1.54) is 5.56 Å². The van der Waals surface area contributed by atoms with E-state index in [2.05, 4.69) is 17.2 Å². The zero-order valence-corrected chi connectivity index (χ0v) is 15.5. The average molecular weight is 354 g/mol. The summed E-state index contributed by atoms with van der Waals surface area (Å²) in [5.74, 6) is 0.0558. The number of aromatic nitrogens is 2. The molecule has 2 heterocycles. The second-order valence-corrected chi connectivity index (χ2v) is 6.83. The second-order valence-electron chi connectivity index (χ2n) is 6.83. The van der Waals surface area contributed by atoms with Crippen LogP contribution in [0.4, 0.5) is 0 Å². The van der Waals surface area contributed by atoms with Crippen molar-refractivity contribution in [2.75, 3.05) is 26.2 Å². The fourth-order valence-corrected chi connectivity index (χ4v) is 3.33. The van der Waals surface area contributed by atoms with Gasteiger partial charge in [-0.3, -0.25) is 14.3 Å². The molecule has 1 aliphatic heterocycles. The highest BCUT2D eigenvalue weighted by molar-refractivity contribution is 5.86. The zero-order chi connectivity index (χ0) is 18.5. The normalized spacial score (nSPS) is 14.8. The standard InChI is InChI=1S/C20H26N4O2/c1-16-14-17(2)24(21-16)11-9-19(25)23-13-12-22(20(26)15-23)10-8-18-6-4-3-5-7-18/h3-7,14H,8-13,15H2,1-2H3. The van der Waals surface area contributed by atoms with Gasteiger partial charge in [-0.15, -0.1) is 0 Å². The quantitative estimate of drug-likeness (QED) is 0.795. The monoisotopic (exact) mass is 354 g/mol. The van der Waals surface area contributed by atoms with E-state index in [9.17, 15) is 9.59 Å². The molecule has 2 amide bonds. The van der Waals surface area contributed by atoms with Gasteiger partial charge >= 0.3 is 0 Å². The van der Waals surface area contributed by atoms with E-state index in [-0.39, 0.29) is 18.4 Å². The van der Waals surface area contributed by atoms with Gasteiger partial charge in [-0.1, -0.05) is 30.3 Å². The number of benzene rings is 1. The fourth-order valence-electron chi connectivity index (χ4n) is 3.33. The summed E-state index contributed by atoms with van der Waals surface area (Å²) in [6, 6.07) is 12.2. The number of hydrogen-bond acceptors (Lipinski definition) is 3. The molecule has 6 heteroatoms. The van der Waals surface area contributed by atoms with Gasteiger partial charge in [0.1, 0.15) is 0 Å². The Hall–Kier alpha value is -2.63. The number of piperazine rings is 1. The number of hydrogen-bond donors (Lipinski definition) is 0. The van der Waals surface area contributed by atoms with Crippen LogP contribution in [-0.4, -0.2) is 57.6 Å². The summed E-state index contributed by atoms with van der Waals surface area (Å²) in [6.07, 6.45) is 1.22. The molecule has 1 aromatic heterocycles. The molecular weight excluding hydrogens is 328 g/mol. The molecule has 6 nitrogen and oxygen atoms in total. The summed E-state index contributed by atoms with van der Waals surface area (Å²) in [5, 5.41) is 4.38. The van der Waals surface area contributed by atoms with Gasteiger partial charge < -0.3 is 9.80 Å². The van der Waals surface area contributed by atoms with Gasteiger partial charge in [0, 0.05) is 38.3 Å². The topological polar surface area (TPSA) is 58.4 Å². The van der Waals surface area contributed by atoms with E-state index in [0.717, 1.165) is 17.8 Å². The summed E-state index contributed by atoms with van der Waals surface area (Å²) in [4.78, 5) is 28.3. The van der Waals surface area contributed by atoms with Crippen LogP contribution in [0.15, 0.2) is 36.4 Å². The molecule has 1 aliphatic rings. The highest BCUT2D eigenvalue weighted by Crippen LogP contribution is 2.09. The maximum absolute atomic E-state index is 12.4. The first-order chi connectivity index (χ1) is 12.5. The molecule has 1 fully saturated rings. The molecule has 26 heavy (non-hydrogen) atoms. The summed E-state index contributed by atoms with van der Waals surface area (Å²) in [6.45, 7) is 6.59. The van der Waals surface area contributed by atoms with Crippen molar-refractivity contribution in [3.8, 4) is 0 Å². The van der Waals surface area contributed by atoms with E-state index in [1.807, 2.05) is 47.7 Å². The number of aryl methyl sites for hydroxylation is 3. The lowest BCUT2D eigenvalue weighted by molar-refractivity contribution is -0.145. The molecule has 0 atom stereocenters. The van der Waals surface area contributed by atoms with E-state index in [4.69, 9.17) is 0 Å². The van der Waals surface area contributed by atoms with Crippen molar-refractivity contribution < 1.29 is 9.59 Å². The molecule has 0 spiro atoms. The minimum absolute atomic E-state index is 0.0219. The molecule has 0 saturated carbocycles. The van der Waals surface area contributed by atoms with Crippen molar-refractivity contribution in [2.45, 2.75) is 33.2 Å². The Morgan fingerprint density at radius 3 is 2.54 bits per heavy atom. The van der Waals surface area contributed by atoms with Crippen LogP contribution in [0.5, 0.6) is 0 Å². The van der Waals surface area contributed by atoms with Crippen molar-refractivity contribution >= 4 is 11.8 Å². The summed E-state index contributed by atoms with van der Waals surface area (Å²) < 4.78 is 1.85. The Morgan fingerprint density at radius 2 is 1.88 bits per heavy atom. The molecule has 138 valence electrons. The number of amides is 2. The lowest BCUT2D eigenvalue weighted by Crippen LogP contribution is -2.52. The van der Waals surface area contributed by atoms with Crippen molar-refractivity contribution in [3.05, 3.63) is 53.3 Å². The number of nitrogens with zero attached hydrogens (tertiary/aromatic N) is 4. The molecule has 0 aliphatic carbocycles. The highest BCUT2D eigenvalue weighted by atomic mass is 16.2. The van der Waals surface area contributed by atoms with E-state index >= 15 is 0 Å². The lowest BCUT2D eigenvalue weighted by atomic mass is 10.1. The van der Waals surface area contributed by atoms with Gasteiger partial charge in [0.05, 0.1) is 12.2 Å². The summed E-state index contributed by atoms with van der Waals surface area (Å²) in [7, 11) is 0. The van der Waals surface area contributed by atoms with E-state index < -0.39 is 0 Å². The zero-order valence-electron chi connectivity index (χ0n) is 15.5. The molecule has 2 aromatic rings. The van der Waals surface area contributed by atoms with Crippen LogP contribution in [0.2, 0.25) is 0 Å². The van der Waals surface area contributed by atoms with Gasteiger partial charge in [0.15, 0.2) is 0 Å². The van der Waals surface area contributed by atoms with Crippen molar-refractivity contribution in [3.63, 3.8) is 0 Å². The van der Waals surface area contributed by atoms with Crippen molar-refractivity contribution in [2.24, 2.45) is 0 Å². The molecule has 0 bridgehead atoms. The van der Waals surface area contributed by atoms with Crippen LogP contribution in [-0.2, 0) is 22.6 Å². The third kappa shape index (κ3) is 4.50. The van der Waals surface area contributed by atoms with Gasteiger partial charge in [-0.2, -0.15) is 5.10 Å². The minimum Gasteiger partial charge on any atom is -0.339 e. The smallest absolute Gasteiger partial charge is 0.242 e. The second kappa shape index (κ2) is 8.17. The first-order valence-electron chi connectivity index (χ1n) is 9.13. The van der Waals surface area contributed by atoms with Gasteiger partial charge in [-0.25, -0.2) is 0 Å². The number of rotatable bonds is 6. The van der Waals surface area contributed by atoms with Gasteiger partial charge in [0.2, 0.25) is 11.8 Å². The maximum Gasteiger partial charge on any atom is 0.242 e. The van der Waals surface area contributed by atoms with Gasteiger partial charge in [-0.05, 0) is 31.9 Å². The minimum atomic E-state index is 0.0219. The third-order valence-electron chi connectivity index (χ3n) is 4.83. The Balaban J connectivity index is 1.46. The number of carbonyl (C=O) groups is 2. The van der Waals surface area contributed by atoms with Crippen LogP contribution >= 0.6 is 0 Å². The van der Waals surface area contributed by atoms with Crippen LogP contribution in [0.25, 0.3) is 0 Å². The SMILES string of the molecule is Cc1cc(C)n(CCC(=O)N2CCN(CCc3ccccc3)C(=O)C2)n1. The molecule has 1 aromatic carbocycles. The van der Waals surface area contributed by atoms with E-state index in [1.54, 1.807) is 4.90 Å². The van der Waals surface area contributed by atoms with Crippen molar-refractivity contribution in [1.82, 2.24) is 19.6 Å². The Morgan fingerprint density at radius 1 is 1.12 bits per heavy atom. The van der Waals surface area contributed by atoms with Crippen LogP contribution < -0.4 is 0 Å². The highest BCUT2D eigenvalue weighted by Gasteiger charge is 2.26. The number of carbonyl (C=O) groups excluding carboxylic acids is 2. The summed E-state index contributed by atoms with van der Waals surface area (Å²) in [5.41, 5.74) is 3.23. The first kappa shape index (κ1) is 18.2. The van der Waals surface area contributed by atoms with E-state index in [0.29, 0.717) is 32.6 Å². The fraction of sp³-hybridized carbons (Fsp3) is 0.450. The summed E-state index contributed by atoms with van der Waals surface area (Å²) >= 11 is 0. The molecule has 0 radical (unpaired) electrons. The largest absolute Gasteiger partial charge is 0.339 e. The van der Waals surface area contributed by atoms with Crippen LogP contribution in [0.3, 0.4) is 0 Å². The lowest BCUT2D eigenvalue weighted by Gasteiger charge is -2.34. The third-order valence-corrected chi connectivity index (χ3v) is 4.83. The molecule has 0 N–H and O–H groups in total. The molecule has 1 saturated heterocycles. The maximum atomic E-state index is 12.4. The van der Waals surface area contributed by atoms with Gasteiger partial charge in [0.25, 0.3) is 0 Å². The van der Waals surface area contributed by atoms with Crippen LogP contribution in [0, 0.1) is 13.8 Å². The Labute approximate surface area is 154 Å². The predicted molar refractivity (Wildman–Crippen MR) is 99.6 cm³/mol. The van der Waals surface area contributed by atoms with Crippen LogP contribution in [0.1, 0.15) is 23.4 Å². The molecule has 3 rings (SSSR count). The molecule has 0 unspecified atom stereocenters. The molecular formula is C20H26N4O2. The van der Waals surface area contributed by atoms with Crippen molar-refractivity contribution in [1.29, 1.82) is 0 Å². The average Bonchev–Trinajstić information content (AvgIpc) is 2.96. The Kier molecular flexibility index (Phi) is 5.71.